The number of carbonyl (C=O) groups excluding carboxylic acids is 1. The molecule has 0 radical (unpaired) electrons. The fourth-order valence-corrected chi connectivity index (χ4v) is 3.62. The van der Waals surface area contributed by atoms with Crippen molar-refractivity contribution >= 4 is 27.7 Å². The summed E-state index contributed by atoms with van der Waals surface area (Å²) in [7, 11) is 0. The molecule has 0 aliphatic heterocycles. The van der Waals surface area contributed by atoms with Crippen LogP contribution in [0.5, 0.6) is 5.75 Å². The lowest BCUT2D eigenvalue weighted by Crippen LogP contribution is -2.12. The highest BCUT2D eigenvalue weighted by Gasteiger charge is 2.16. The summed E-state index contributed by atoms with van der Waals surface area (Å²) in [6.45, 7) is 4.39. The topological polar surface area (TPSA) is 69.3 Å². The van der Waals surface area contributed by atoms with Crippen molar-refractivity contribution in [1.82, 2.24) is 9.78 Å². The molecule has 0 saturated heterocycles. The normalized spacial score (nSPS) is 10.7. The van der Waals surface area contributed by atoms with E-state index < -0.39 is 5.91 Å². The molecule has 0 spiro atoms. The molecule has 4 rings (SSSR count). The quantitative estimate of drug-likeness (QED) is 0.281. The molecule has 2 aromatic heterocycles. The van der Waals surface area contributed by atoms with E-state index in [2.05, 4.69) is 32.9 Å². The van der Waals surface area contributed by atoms with Gasteiger partial charge in [-0.2, -0.15) is 5.10 Å². The summed E-state index contributed by atoms with van der Waals surface area (Å²) in [4.78, 5) is 12.6. The average Bonchev–Trinajstić information content (AvgIpc) is 3.42. The van der Waals surface area contributed by atoms with E-state index in [9.17, 15) is 9.18 Å². The van der Waals surface area contributed by atoms with E-state index in [1.807, 2.05) is 30.3 Å². The van der Waals surface area contributed by atoms with Crippen molar-refractivity contribution in [2.45, 2.75) is 19.6 Å². The van der Waals surface area contributed by atoms with Crippen molar-refractivity contribution < 1.29 is 18.3 Å². The van der Waals surface area contributed by atoms with Gasteiger partial charge in [-0.1, -0.05) is 36.4 Å². The van der Waals surface area contributed by atoms with Gasteiger partial charge in [0.2, 0.25) is 0 Å². The molecule has 2 aromatic carbocycles. The molecule has 1 amide bonds. The predicted octanol–water partition coefficient (Wildman–Crippen LogP) is 5.99. The number of nitrogens with zero attached hydrogens (tertiary/aromatic N) is 2. The zero-order chi connectivity index (χ0) is 23.2. The Balaban J connectivity index is 1.37. The minimum Gasteiger partial charge on any atom is -0.485 e. The van der Waals surface area contributed by atoms with Gasteiger partial charge in [0.25, 0.3) is 5.91 Å². The second kappa shape index (κ2) is 10.3. The number of hydrogen-bond donors (Lipinski definition) is 1. The van der Waals surface area contributed by atoms with Crippen molar-refractivity contribution in [2.24, 2.45) is 0 Å². The highest BCUT2D eigenvalue weighted by atomic mass is 79.9. The predicted molar refractivity (Wildman–Crippen MR) is 127 cm³/mol. The summed E-state index contributed by atoms with van der Waals surface area (Å²) < 4.78 is 26.9. The molecular formula is C25H21BrFN3O3. The number of benzene rings is 2. The highest BCUT2D eigenvalue weighted by Crippen LogP contribution is 2.23. The molecule has 0 aliphatic rings. The third-order valence-corrected chi connectivity index (χ3v) is 5.38. The van der Waals surface area contributed by atoms with Gasteiger partial charge in [-0.3, -0.25) is 9.48 Å². The van der Waals surface area contributed by atoms with Gasteiger partial charge in [-0.25, -0.2) is 4.39 Å². The lowest BCUT2D eigenvalue weighted by atomic mass is 10.1. The number of carbonyl (C=O) groups is 1. The van der Waals surface area contributed by atoms with Crippen LogP contribution in [0.25, 0.3) is 0 Å². The fourth-order valence-electron chi connectivity index (χ4n) is 3.20. The standard InChI is InChI=1S/C25H21BrFN3O3/c1-2-5-18-6-3-4-7-22(18)32-16-20-12-13-23(33-20)25(31)28-24-21(26)15-30(29-24)14-17-8-10-19(27)11-9-17/h2-4,6-13,15H,1,5,14,16H2,(H,28,29,31). The van der Waals surface area contributed by atoms with Crippen LogP contribution in [0.2, 0.25) is 0 Å². The van der Waals surface area contributed by atoms with Crippen LogP contribution >= 0.6 is 15.9 Å². The van der Waals surface area contributed by atoms with E-state index >= 15 is 0 Å². The van der Waals surface area contributed by atoms with E-state index in [0.29, 0.717) is 29.0 Å². The van der Waals surface area contributed by atoms with Gasteiger partial charge in [-0.05, 0) is 63.8 Å². The lowest BCUT2D eigenvalue weighted by Gasteiger charge is -2.08. The number of para-hydroxylation sites is 1. The number of ether oxygens (including phenoxy) is 1. The molecule has 2 heterocycles. The van der Waals surface area contributed by atoms with Crippen molar-refractivity contribution in [3.8, 4) is 5.75 Å². The number of allylic oxidation sites excluding steroid dienone is 1. The SMILES string of the molecule is C=CCc1ccccc1OCc1ccc(C(=O)Nc2nn(Cc3ccc(F)cc3)cc2Br)o1. The molecule has 0 atom stereocenters. The van der Waals surface area contributed by atoms with Crippen LogP contribution in [0.4, 0.5) is 10.2 Å². The minimum atomic E-state index is -0.430. The Kier molecular flexibility index (Phi) is 7.04. The maximum atomic E-state index is 13.1. The number of halogens is 2. The van der Waals surface area contributed by atoms with E-state index in [4.69, 9.17) is 9.15 Å². The van der Waals surface area contributed by atoms with E-state index in [1.165, 1.54) is 12.1 Å². The Morgan fingerprint density at radius 3 is 2.76 bits per heavy atom. The van der Waals surface area contributed by atoms with Crippen LogP contribution in [-0.2, 0) is 19.6 Å². The zero-order valence-corrected chi connectivity index (χ0v) is 19.2. The van der Waals surface area contributed by atoms with Crippen LogP contribution in [0.3, 0.4) is 0 Å². The molecule has 4 aromatic rings. The maximum absolute atomic E-state index is 13.1. The van der Waals surface area contributed by atoms with E-state index in [0.717, 1.165) is 16.9 Å². The van der Waals surface area contributed by atoms with E-state index in [1.54, 1.807) is 35.1 Å². The smallest absolute Gasteiger partial charge is 0.292 e. The summed E-state index contributed by atoms with van der Waals surface area (Å²) in [5.41, 5.74) is 1.91. The van der Waals surface area contributed by atoms with Gasteiger partial charge >= 0.3 is 0 Å². The Morgan fingerprint density at radius 2 is 1.97 bits per heavy atom. The number of hydrogen-bond acceptors (Lipinski definition) is 4. The largest absolute Gasteiger partial charge is 0.485 e. The molecule has 6 nitrogen and oxygen atoms in total. The minimum absolute atomic E-state index is 0.146. The Morgan fingerprint density at radius 1 is 1.18 bits per heavy atom. The summed E-state index contributed by atoms with van der Waals surface area (Å²) in [6.07, 6.45) is 4.25. The molecule has 0 bridgehead atoms. The van der Waals surface area contributed by atoms with Gasteiger partial charge in [0.1, 0.15) is 23.9 Å². The number of aromatic nitrogens is 2. The number of nitrogens with one attached hydrogen (secondary N) is 1. The van der Waals surface area contributed by atoms with Crippen LogP contribution in [0, 0.1) is 5.82 Å². The Labute approximate surface area is 198 Å². The van der Waals surface area contributed by atoms with Gasteiger partial charge in [-0.15, -0.1) is 6.58 Å². The molecule has 0 unspecified atom stereocenters. The van der Waals surface area contributed by atoms with Crippen molar-refractivity contribution in [1.29, 1.82) is 0 Å². The first-order valence-corrected chi connectivity index (χ1v) is 11.0. The fraction of sp³-hybridized carbons (Fsp3) is 0.120. The third kappa shape index (κ3) is 5.78. The summed E-state index contributed by atoms with van der Waals surface area (Å²) >= 11 is 3.40. The maximum Gasteiger partial charge on any atom is 0.292 e. The first kappa shape index (κ1) is 22.5. The van der Waals surface area contributed by atoms with Crippen molar-refractivity contribution in [3.63, 3.8) is 0 Å². The molecule has 0 saturated carbocycles. The Bertz CT molecular complexity index is 1260. The van der Waals surface area contributed by atoms with Gasteiger partial charge in [0.05, 0.1) is 11.0 Å². The van der Waals surface area contributed by atoms with Gasteiger partial charge in [0.15, 0.2) is 11.6 Å². The van der Waals surface area contributed by atoms with Crippen molar-refractivity contribution in [2.75, 3.05) is 5.32 Å². The van der Waals surface area contributed by atoms with E-state index in [-0.39, 0.29) is 18.2 Å². The molecular weight excluding hydrogens is 489 g/mol. The highest BCUT2D eigenvalue weighted by molar-refractivity contribution is 9.10. The van der Waals surface area contributed by atoms with Crippen LogP contribution in [0.15, 0.2) is 88.4 Å². The van der Waals surface area contributed by atoms with Crippen LogP contribution in [-0.4, -0.2) is 15.7 Å². The average molecular weight is 510 g/mol. The van der Waals surface area contributed by atoms with Crippen LogP contribution in [0.1, 0.15) is 27.4 Å². The van der Waals surface area contributed by atoms with Crippen molar-refractivity contribution in [3.05, 3.63) is 112 Å². The Hall–Kier alpha value is -3.65. The molecule has 8 heteroatoms. The number of anilines is 1. The molecule has 33 heavy (non-hydrogen) atoms. The first-order chi connectivity index (χ1) is 16.0. The molecule has 0 aliphatic carbocycles. The summed E-state index contributed by atoms with van der Waals surface area (Å²) in [5.74, 6) is 1.05. The third-order valence-electron chi connectivity index (χ3n) is 4.80. The second-order valence-electron chi connectivity index (χ2n) is 7.26. The number of rotatable bonds is 9. The van der Waals surface area contributed by atoms with Gasteiger partial charge < -0.3 is 14.5 Å². The molecule has 168 valence electrons. The monoisotopic (exact) mass is 509 g/mol. The first-order valence-electron chi connectivity index (χ1n) is 10.2. The van der Waals surface area contributed by atoms with Gasteiger partial charge in [0, 0.05) is 6.20 Å². The van der Waals surface area contributed by atoms with Crippen LogP contribution < -0.4 is 10.1 Å². The number of furan rings is 1. The summed E-state index contributed by atoms with van der Waals surface area (Å²) in [6, 6.07) is 17.2. The lowest BCUT2D eigenvalue weighted by molar-refractivity contribution is 0.0992. The molecule has 1 N–H and O–H groups in total. The number of amides is 1. The molecule has 0 fully saturated rings. The second-order valence-corrected chi connectivity index (χ2v) is 8.11. The summed E-state index contributed by atoms with van der Waals surface area (Å²) in [5, 5.41) is 7.10. The zero-order valence-electron chi connectivity index (χ0n) is 17.6.